The normalized spacial score (nSPS) is 17.1. The first-order valence-electron chi connectivity index (χ1n) is 9.55. The van der Waals surface area contributed by atoms with Gasteiger partial charge in [0, 0.05) is 35.7 Å². The van der Waals surface area contributed by atoms with Crippen LogP contribution in [0.15, 0.2) is 52.3 Å². The van der Waals surface area contributed by atoms with Crippen LogP contribution >= 0.6 is 11.8 Å². The molecule has 4 rings (SSSR count). The molecule has 1 unspecified atom stereocenters. The quantitative estimate of drug-likeness (QED) is 0.805. The number of hydrogen-bond acceptors (Lipinski definition) is 5. The van der Waals surface area contributed by atoms with Crippen LogP contribution in [0.4, 0.5) is 11.4 Å². The molecule has 0 bridgehead atoms. The highest BCUT2D eigenvalue weighted by molar-refractivity contribution is 7.99. The monoisotopic (exact) mass is 430 g/mol. The second kappa shape index (κ2) is 7.84. The Morgan fingerprint density at radius 3 is 2.83 bits per heavy atom. The molecule has 152 valence electrons. The number of amides is 2. The second-order valence-electron chi connectivity index (χ2n) is 7.29. The number of sulfone groups is 1. The lowest BCUT2D eigenvalue weighted by atomic mass is 10.2. The summed E-state index contributed by atoms with van der Waals surface area (Å²) in [7, 11) is -3.71. The van der Waals surface area contributed by atoms with Crippen molar-refractivity contribution in [3.8, 4) is 0 Å². The molecule has 0 aromatic heterocycles. The van der Waals surface area contributed by atoms with E-state index >= 15 is 0 Å². The summed E-state index contributed by atoms with van der Waals surface area (Å²) in [5, 5.41) is 1.91. The van der Waals surface area contributed by atoms with Crippen LogP contribution in [0.5, 0.6) is 0 Å². The van der Waals surface area contributed by atoms with Crippen molar-refractivity contribution in [2.24, 2.45) is 0 Å². The van der Waals surface area contributed by atoms with Crippen LogP contribution in [0.2, 0.25) is 0 Å². The largest absolute Gasteiger partial charge is 0.325 e. The van der Waals surface area contributed by atoms with Crippen LogP contribution in [-0.2, 0) is 25.8 Å². The summed E-state index contributed by atoms with van der Waals surface area (Å²) < 4.78 is 26.2. The number of para-hydroxylation sites is 1. The fourth-order valence-electron chi connectivity index (χ4n) is 3.67. The van der Waals surface area contributed by atoms with Crippen molar-refractivity contribution in [3.05, 3.63) is 48.0 Å². The van der Waals surface area contributed by atoms with E-state index in [-0.39, 0.29) is 23.1 Å². The van der Waals surface area contributed by atoms with Crippen molar-refractivity contribution in [2.75, 3.05) is 22.5 Å². The number of anilines is 2. The molecule has 2 amide bonds. The molecule has 1 atom stereocenters. The van der Waals surface area contributed by atoms with Crippen molar-refractivity contribution in [1.29, 1.82) is 0 Å². The summed E-state index contributed by atoms with van der Waals surface area (Å²) >= 11 is 1.52. The fourth-order valence-corrected chi connectivity index (χ4v) is 5.97. The predicted molar refractivity (Wildman–Crippen MR) is 114 cm³/mol. The standard InChI is InChI=1S/C21H22N2O4S2/c1-14(12-21(25)23-10-8-15-4-2-3-5-18(15)23)29(26,27)16-6-7-19-17(13-16)22-20(24)9-11-28-19/h2-7,13-14H,8-12H2,1H3,(H,22,24). The van der Waals surface area contributed by atoms with Gasteiger partial charge in [-0.25, -0.2) is 8.42 Å². The van der Waals surface area contributed by atoms with Crippen LogP contribution < -0.4 is 10.2 Å². The van der Waals surface area contributed by atoms with E-state index in [0.29, 0.717) is 24.4 Å². The number of thioether (sulfide) groups is 1. The SMILES string of the molecule is CC(CC(=O)N1CCc2ccccc21)S(=O)(=O)c1ccc2c(c1)NC(=O)CCS2. The van der Waals surface area contributed by atoms with Crippen LogP contribution in [0.1, 0.15) is 25.3 Å². The molecule has 0 fully saturated rings. The van der Waals surface area contributed by atoms with Gasteiger partial charge in [0.2, 0.25) is 11.8 Å². The van der Waals surface area contributed by atoms with Gasteiger partial charge in [-0.3, -0.25) is 9.59 Å². The number of hydrogen-bond donors (Lipinski definition) is 1. The van der Waals surface area contributed by atoms with Gasteiger partial charge in [0.05, 0.1) is 15.8 Å². The van der Waals surface area contributed by atoms with E-state index in [1.807, 2.05) is 24.3 Å². The predicted octanol–water partition coefficient (Wildman–Crippen LogP) is 3.26. The zero-order valence-corrected chi connectivity index (χ0v) is 17.7. The van der Waals surface area contributed by atoms with Crippen molar-refractivity contribution >= 4 is 44.8 Å². The first-order valence-corrected chi connectivity index (χ1v) is 12.1. The van der Waals surface area contributed by atoms with Gasteiger partial charge in [0.1, 0.15) is 0 Å². The van der Waals surface area contributed by atoms with Crippen LogP contribution in [0.3, 0.4) is 0 Å². The van der Waals surface area contributed by atoms with Crippen LogP contribution in [-0.4, -0.2) is 37.8 Å². The number of fused-ring (bicyclic) bond motifs is 2. The maximum atomic E-state index is 13.1. The van der Waals surface area contributed by atoms with Gasteiger partial charge in [-0.05, 0) is 43.2 Å². The van der Waals surface area contributed by atoms with Crippen molar-refractivity contribution in [1.82, 2.24) is 0 Å². The number of carbonyl (C=O) groups excluding carboxylic acids is 2. The van der Waals surface area contributed by atoms with Crippen LogP contribution in [0.25, 0.3) is 0 Å². The molecule has 0 aliphatic carbocycles. The highest BCUT2D eigenvalue weighted by Gasteiger charge is 2.31. The molecule has 2 aromatic rings. The Balaban J connectivity index is 1.53. The van der Waals surface area contributed by atoms with Crippen molar-refractivity contribution < 1.29 is 18.0 Å². The lowest BCUT2D eigenvalue weighted by Crippen LogP contribution is -2.33. The van der Waals surface area contributed by atoms with Gasteiger partial charge in [0.15, 0.2) is 9.84 Å². The molecule has 0 spiro atoms. The third kappa shape index (κ3) is 3.91. The summed E-state index contributed by atoms with van der Waals surface area (Å²) in [6.07, 6.45) is 1.09. The summed E-state index contributed by atoms with van der Waals surface area (Å²) in [5.74, 6) is 0.346. The molecule has 6 nitrogen and oxygen atoms in total. The molecule has 29 heavy (non-hydrogen) atoms. The first kappa shape index (κ1) is 20.0. The highest BCUT2D eigenvalue weighted by atomic mass is 32.2. The third-order valence-corrected chi connectivity index (χ3v) is 8.53. The summed E-state index contributed by atoms with van der Waals surface area (Å²) in [6.45, 7) is 2.14. The van der Waals surface area contributed by atoms with E-state index in [2.05, 4.69) is 5.32 Å². The van der Waals surface area contributed by atoms with E-state index in [4.69, 9.17) is 0 Å². The minimum Gasteiger partial charge on any atom is -0.325 e. The second-order valence-corrected chi connectivity index (χ2v) is 10.8. The first-order chi connectivity index (χ1) is 13.9. The zero-order chi connectivity index (χ0) is 20.6. The number of nitrogens with one attached hydrogen (secondary N) is 1. The number of carbonyl (C=O) groups is 2. The Bertz CT molecular complexity index is 1080. The maximum absolute atomic E-state index is 13.1. The molecular formula is C21H22N2O4S2. The van der Waals surface area contributed by atoms with E-state index in [0.717, 1.165) is 22.6 Å². The van der Waals surface area contributed by atoms with Gasteiger partial charge < -0.3 is 10.2 Å². The molecule has 2 heterocycles. The molecule has 1 N–H and O–H groups in total. The molecule has 8 heteroatoms. The number of rotatable bonds is 4. The minimum absolute atomic E-state index is 0.0884. The Morgan fingerprint density at radius 2 is 2.00 bits per heavy atom. The molecule has 2 aliphatic heterocycles. The summed E-state index contributed by atoms with van der Waals surface area (Å²) in [5.41, 5.74) is 2.49. The average Bonchev–Trinajstić information content (AvgIpc) is 3.03. The Morgan fingerprint density at radius 1 is 1.21 bits per heavy atom. The molecular weight excluding hydrogens is 408 g/mol. The lowest BCUT2D eigenvalue weighted by molar-refractivity contribution is -0.118. The molecule has 0 saturated heterocycles. The maximum Gasteiger partial charge on any atom is 0.228 e. The molecule has 2 aliphatic rings. The Kier molecular flexibility index (Phi) is 5.40. The van der Waals surface area contributed by atoms with Gasteiger partial charge >= 0.3 is 0 Å². The van der Waals surface area contributed by atoms with Gasteiger partial charge in [-0.1, -0.05) is 18.2 Å². The van der Waals surface area contributed by atoms with Crippen molar-refractivity contribution in [2.45, 2.75) is 41.2 Å². The fraction of sp³-hybridized carbons (Fsp3) is 0.333. The summed E-state index contributed by atoms with van der Waals surface area (Å²) in [6, 6.07) is 12.5. The Labute approximate surface area is 174 Å². The zero-order valence-electron chi connectivity index (χ0n) is 16.1. The van der Waals surface area contributed by atoms with E-state index in [1.54, 1.807) is 24.0 Å². The van der Waals surface area contributed by atoms with E-state index < -0.39 is 15.1 Å². The van der Waals surface area contributed by atoms with Gasteiger partial charge in [-0.15, -0.1) is 11.8 Å². The van der Waals surface area contributed by atoms with E-state index in [9.17, 15) is 18.0 Å². The summed E-state index contributed by atoms with van der Waals surface area (Å²) in [4.78, 5) is 27.3. The third-order valence-electron chi connectivity index (χ3n) is 5.32. The lowest BCUT2D eigenvalue weighted by Gasteiger charge is -2.20. The van der Waals surface area contributed by atoms with Gasteiger partial charge in [0.25, 0.3) is 0 Å². The molecule has 0 radical (unpaired) electrons. The van der Waals surface area contributed by atoms with Gasteiger partial charge in [-0.2, -0.15) is 0 Å². The highest BCUT2D eigenvalue weighted by Crippen LogP contribution is 2.34. The number of nitrogens with zero attached hydrogens (tertiary/aromatic N) is 1. The van der Waals surface area contributed by atoms with Crippen LogP contribution in [0, 0.1) is 0 Å². The topological polar surface area (TPSA) is 83.6 Å². The average molecular weight is 431 g/mol. The molecule has 2 aromatic carbocycles. The smallest absolute Gasteiger partial charge is 0.228 e. The number of benzene rings is 2. The molecule has 0 saturated carbocycles. The Hall–Kier alpha value is -2.32. The van der Waals surface area contributed by atoms with E-state index in [1.165, 1.54) is 17.8 Å². The van der Waals surface area contributed by atoms with Crippen molar-refractivity contribution in [3.63, 3.8) is 0 Å². The minimum atomic E-state index is -3.71.